The molecular weight excluding hydrogens is 274 g/mol. The largest absolute Gasteiger partial charge is 0.462 e. The van der Waals surface area contributed by atoms with E-state index in [2.05, 4.69) is 11.9 Å². The molecule has 0 atom stereocenters. The van der Waals surface area contributed by atoms with Gasteiger partial charge in [0, 0.05) is 6.21 Å². The first-order valence-corrected chi connectivity index (χ1v) is 7.63. The van der Waals surface area contributed by atoms with Gasteiger partial charge in [-0.1, -0.05) is 37.3 Å². The van der Waals surface area contributed by atoms with Gasteiger partial charge < -0.3 is 4.74 Å². The van der Waals surface area contributed by atoms with Gasteiger partial charge in [0.25, 0.3) is 0 Å². The SMILES string of the molecule is CCc1cccc(C(=O)OCCCC=Nc2ccccc2)c1. The Kier molecular flexibility index (Phi) is 6.37. The van der Waals surface area contributed by atoms with Crippen LogP contribution in [0.3, 0.4) is 0 Å². The summed E-state index contributed by atoms with van der Waals surface area (Å²) in [5.74, 6) is -0.254. The van der Waals surface area contributed by atoms with Crippen LogP contribution >= 0.6 is 0 Å². The minimum Gasteiger partial charge on any atom is -0.462 e. The molecular formula is C19H21NO2. The number of unbranched alkanes of at least 4 members (excludes halogenated alkanes) is 1. The number of hydrogen-bond donors (Lipinski definition) is 0. The average molecular weight is 295 g/mol. The molecule has 3 nitrogen and oxygen atoms in total. The van der Waals surface area contributed by atoms with E-state index in [0.29, 0.717) is 12.2 Å². The summed E-state index contributed by atoms with van der Waals surface area (Å²) >= 11 is 0. The zero-order valence-electron chi connectivity index (χ0n) is 12.9. The molecule has 0 fully saturated rings. The molecule has 0 N–H and O–H groups in total. The third kappa shape index (κ3) is 5.17. The number of aryl methyl sites for hydroxylation is 1. The van der Waals surface area contributed by atoms with Gasteiger partial charge in [-0.05, 0) is 49.1 Å². The Labute approximate surface area is 131 Å². The number of rotatable bonds is 7. The minimum absolute atomic E-state index is 0.254. The predicted octanol–water partition coefficient (Wildman–Crippen LogP) is 4.59. The van der Waals surface area contributed by atoms with E-state index in [1.165, 1.54) is 0 Å². The molecule has 2 rings (SSSR count). The number of ether oxygens (including phenoxy) is 1. The highest BCUT2D eigenvalue weighted by molar-refractivity contribution is 5.89. The third-order valence-electron chi connectivity index (χ3n) is 3.28. The standard InChI is InChI=1S/C19H21NO2/c1-2-16-9-8-10-17(15-16)19(21)22-14-7-6-13-20-18-11-4-3-5-12-18/h3-5,8-13,15H,2,6-7,14H2,1H3. The first-order valence-electron chi connectivity index (χ1n) is 7.63. The summed E-state index contributed by atoms with van der Waals surface area (Å²) in [6.07, 6.45) is 4.34. The number of para-hydroxylation sites is 1. The number of hydrogen-bond acceptors (Lipinski definition) is 3. The van der Waals surface area contributed by atoms with Gasteiger partial charge in [0.05, 0.1) is 17.9 Å². The van der Waals surface area contributed by atoms with Crippen molar-refractivity contribution in [1.29, 1.82) is 0 Å². The number of carbonyl (C=O) groups is 1. The summed E-state index contributed by atoms with van der Waals surface area (Å²) in [6, 6.07) is 17.4. The maximum Gasteiger partial charge on any atom is 0.338 e. The quantitative estimate of drug-likeness (QED) is 0.426. The van der Waals surface area contributed by atoms with Gasteiger partial charge in [0.15, 0.2) is 0 Å². The predicted molar refractivity (Wildman–Crippen MR) is 89.9 cm³/mol. The maximum atomic E-state index is 11.9. The number of benzene rings is 2. The summed E-state index contributed by atoms with van der Waals surface area (Å²) < 4.78 is 5.28. The highest BCUT2D eigenvalue weighted by Crippen LogP contribution is 2.09. The Balaban J connectivity index is 1.70. The van der Waals surface area contributed by atoms with E-state index in [1.54, 1.807) is 6.07 Å². The molecule has 0 heterocycles. The Morgan fingerprint density at radius 2 is 1.95 bits per heavy atom. The van der Waals surface area contributed by atoms with Crippen molar-refractivity contribution >= 4 is 17.9 Å². The molecule has 0 aliphatic heterocycles. The Bertz CT molecular complexity index is 620. The Morgan fingerprint density at radius 3 is 2.73 bits per heavy atom. The van der Waals surface area contributed by atoms with Crippen LogP contribution in [0, 0.1) is 0 Å². The average Bonchev–Trinajstić information content (AvgIpc) is 2.58. The second kappa shape index (κ2) is 8.78. The summed E-state index contributed by atoms with van der Waals surface area (Å²) in [7, 11) is 0. The molecule has 0 spiro atoms. The van der Waals surface area contributed by atoms with Crippen molar-refractivity contribution in [2.75, 3.05) is 6.61 Å². The van der Waals surface area contributed by atoms with Crippen LogP contribution in [0.15, 0.2) is 59.6 Å². The highest BCUT2D eigenvalue weighted by Gasteiger charge is 2.06. The van der Waals surface area contributed by atoms with E-state index in [4.69, 9.17) is 4.74 Å². The first-order chi connectivity index (χ1) is 10.8. The normalized spacial score (nSPS) is 10.8. The van der Waals surface area contributed by atoms with Crippen LogP contribution in [0.2, 0.25) is 0 Å². The van der Waals surface area contributed by atoms with Gasteiger partial charge in [-0.3, -0.25) is 4.99 Å². The summed E-state index contributed by atoms with van der Waals surface area (Å²) in [6.45, 7) is 2.48. The molecule has 0 aliphatic rings. The first kappa shape index (κ1) is 16.0. The minimum atomic E-state index is -0.254. The zero-order valence-corrected chi connectivity index (χ0v) is 12.9. The molecule has 2 aromatic rings. The van der Waals surface area contributed by atoms with Crippen LogP contribution in [0.4, 0.5) is 5.69 Å². The fourth-order valence-electron chi connectivity index (χ4n) is 2.03. The zero-order chi connectivity index (χ0) is 15.6. The van der Waals surface area contributed by atoms with Gasteiger partial charge in [0.2, 0.25) is 0 Å². The van der Waals surface area contributed by atoms with E-state index < -0.39 is 0 Å². The number of esters is 1. The topological polar surface area (TPSA) is 38.7 Å². The summed E-state index contributed by atoms with van der Waals surface area (Å²) in [4.78, 5) is 16.2. The van der Waals surface area contributed by atoms with Gasteiger partial charge >= 0.3 is 5.97 Å². The van der Waals surface area contributed by atoms with E-state index in [1.807, 2.05) is 54.7 Å². The van der Waals surface area contributed by atoms with Crippen molar-refractivity contribution in [3.63, 3.8) is 0 Å². The molecule has 0 bridgehead atoms. The summed E-state index contributed by atoms with van der Waals surface area (Å²) in [5.41, 5.74) is 2.71. The molecule has 22 heavy (non-hydrogen) atoms. The Hall–Kier alpha value is -2.42. The lowest BCUT2D eigenvalue weighted by molar-refractivity contribution is 0.0502. The van der Waals surface area contributed by atoms with Crippen LogP contribution in [0.5, 0.6) is 0 Å². The fourth-order valence-corrected chi connectivity index (χ4v) is 2.03. The van der Waals surface area contributed by atoms with Crippen molar-refractivity contribution in [3.05, 3.63) is 65.7 Å². The molecule has 2 aromatic carbocycles. The molecule has 3 heteroatoms. The summed E-state index contributed by atoms with van der Waals surface area (Å²) in [5, 5.41) is 0. The van der Waals surface area contributed by atoms with Crippen LogP contribution in [0.1, 0.15) is 35.7 Å². The van der Waals surface area contributed by atoms with Crippen molar-refractivity contribution in [1.82, 2.24) is 0 Å². The van der Waals surface area contributed by atoms with Crippen LogP contribution < -0.4 is 0 Å². The van der Waals surface area contributed by atoms with E-state index in [-0.39, 0.29) is 5.97 Å². The maximum absolute atomic E-state index is 11.9. The lowest BCUT2D eigenvalue weighted by Gasteiger charge is -2.05. The van der Waals surface area contributed by atoms with Crippen molar-refractivity contribution in [3.8, 4) is 0 Å². The number of nitrogens with zero attached hydrogens (tertiary/aromatic N) is 1. The van der Waals surface area contributed by atoms with Gasteiger partial charge in [-0.2, -0.15) is 0 Å². The monoisotopic (exact) mass is 295 g/mol. The van der Waals surface area contributed by atoms with Crippen LogP contribution in [-0.4, -0.2) is 18.8 Å². The lowest BCUT2D eigenvalue weighted by atomic mass is 10.1. The van der Waals surface area contributed by atoms with Crippen LogP contribution in [-0.2, 0) is 11.2 Å². The smallest absolute Gasteiger partial charge is 0.338 e. The lowest BCUT2D eigenvalue weighted by Crippen LogP contribution is -2.06. The second-order valence-electron chi connectivity index (χ2n) is 4.98. The van der Waals surface area contributed by atoms with Crippen molar-refractivity contribution in [2.45, 2.75) is 26.2 Å². The number of aliphatic imine (C=N–C) groups is 1. The molecule has 0 unspecified atom stereocenters. The van der Waals surface area contributed by atoms with Crippen LogP contribution in [0.25, 0.3) is 0 Å². The van der Waals surface area contributed by atoms with E-state index in [9.17, 15) is 4.79 Å². The molecule has 0 saturated carbocycles. The number of carbonyl (C=O) groups excluding carboxylic acids is 1. The second-order valence-corrected chi connectivity index (χ2v) is 4.98. The molecule has 0 radical (unpaired) electrons. The van der Waals surface area contributed by atoms with Crippen molar-refractivity contribution < 1.29 is 9.53 Å². The molecule has 0 saturated heterocycles. The fraction of sp³-hybridized carbons (Fsp3) is 0.263. The van der Waals surface area contributed by atoms with E-state index in [0.717, 1.165) is 30.5 Å². The molecule has 0 aromatic heterocycles. The highest BCUT2D eigenvalue weighted by atomic mass is 16.5. The van der Waals surface area contributed by atoms with Crippen molar-refractivity contribution in [2.24, 2.45) is 4.99 Å². The Morgan fingerprint density at radius 1 is 1.14 bits per heavy atom. The third-order valence-corrected chi connectivity index (χ3v) is 3.28. The molecule has 0 amide bonds. The van der Waals surface area contributed by atoms with Gasteiger partial charge in [-0.25, -0.2) is 4.79 Å². The molecule has 114 valence electrons. The van der Waals surface area contributed by atoms with Gasteiger partial charge in [0.1, 0.15) is 0 Å². The molecule has 0 aliphatic carbocycles. The van der Waals surface area contributed by atoms with Gasteiger partial charge in [-0.15, -0.1) is 0 Å². The van der Waals surface area contributed by atoms with E-state index >= 15 is 0 Å².